The molecule has 5 nitrogen and oxygen atoms in total. The van der Waals surface area contributed by atoms with Crippen LogP contribution in [0.1, 0.15) is 18.4 Å². The lowest BCUT2D eigenvalue weighted by Crippen LogP contribution is -2.19. The number of nitro groups is 1. The average Bonchev–Trinajstić information content (AvgIpc) is 2.82. The van der Waals surface area contributed by atoms with Gasteiger partial charge in [0.2, 0.25) is 0 Å². The van der Waals surface area contributed by atoms with Crippen molar-refractivity contribution in [2.75, 3.05) is 24.5 Å². The van der Waals surface area contributed by atoms with E-state index in [2.05, 4.69) is 4.90 Å². The van der Waals surface area contributed by atoms with Gasteiger partial charge in [-0.3, -0.25) is 10.1 Å². The fraction of sp³-hybridized carbons (Fsp3) is 0.500. The van der Waals surface area contributed by atoms with Gasteiger partial charge in [0, 0.05) is 19.2 Å². The summed E-state index contributed by atoms with van der Waals surface area (Å²) < 4.78 is 0. The van der Waals surface area contributed by atoms with Gasteiger partial charge in [0.05, 0.1) is 4.92 Å². The maximum atomic E-state index is 11.1. The number of nitrogens with two attached hydrogens (primary N) is 1. The zero-order valence-electron chi connectivity index (χ0n) is 9.76. The van der Waals surface area contributed by atoms with Gasteiger partial charge in [0.1, 0.15) is 5.69 Å². The molecule has 2 rings (SSSR count). The van der Waals surface area contributed by atoms with Crippen LogP contribution in [0.3, 0.4) is 0 Å². The molecule has 0 bridgehead atoms. The molecule has 92 valence electrons. The highest BCUT2D eigenvalue weighted by Gasteiger charge is 2.22. The van der Waals surface area contributed by atoms with Crippen LogP contribution in [-0.2, 0) is 6.42 Å². The molecule has 1 aliphatic heterocycles. The van der Waals surface area contributed by atoms with Crippen LogP contribution in [0.15, 0.2) is 18.2 Å². The van der Waals surface area contributed by atoms with Crippen molar-refractivity contribution in [2.45, 2.75) is 19.3 Å². The second kappa shape index (κ2) is 5.14. The first-order valence-electron chi connectivity index (χ1n) is 5.94. The summed E-state index contributed by atoms with van der Waals surface area (Å²) in [5.41, 5.74) is 7.35. The van der Waals surface area contributed by atoms with E-state index in [1.807, 2.05) is 12.1 Å². The third-order valence-corrected chi connectivity index (χ3v) is 3.12. The van der Waals surface area contributed by atoms with Gasteiger partial charge in [-0.15, -0.1) is 0 Å². The summed E-state index contributed by atoms with van der Waals surface area (Å²) >= 11 is 0. The topological polar surface area (TPSA) is 72.4 Å². The first kappa shape index (κ1) is 11.9. The minimum atomic E-state index is -0.298. The maximum Gasteiger partial charge on any atom is 0.292 e. The third kappa shape index (κ3) is 2.55. The number of anilines is 1. The Morgan fingerprint density at radius 1 is 1.35 bits per heavy atom. The lowest BCUT2D eigenvalue weighted by atomic mass is 10.1. The largest absolute Gasteiger partial charge is 0.366 e. The molecule has 2 N–H and O–H groups in total. The molecule has 0 spiro atoms. The molecule has 0 unspecified atom stereocenters. The van der Waals surface area contributed by atoms with E-state index in [4.69, 9.17) is 5.73 Å². The molecule has 17 heavy (non-hydrogen) atoms. The predicted octanol–water partition coefficient (Wildman–Crippen LogP) is 1.70. The van der Waals surface area contributed by atoms with Crippen LogP contribution >= 0.6 is 0 Å². The Bertz CT molecular complexity index is 414. The van der Waals surface area contributed by atoms with Crippen LogP contribution in [0, 0.1) is 10.1 Å². The van der Waals surface area contributed by atoms with Crippen LogP contribution in [-0.4, -0.2) is 24.6 Å². The minimum Gasteiger partial charge on any atom is -0.366 e. The molecule has 0 saturated carbocycles. The Morgan fingerprint density at radius 3 is 2.65 bits per heavy atom. The van der Waals surface area contributed by atoms with Crippen molar-refractivity contribution >= 4 is 11.4 Å². The molecular formula is C12H17N3O2. The van der Waals surface area contributed by atoms with Gasteiger partial charge in [-0.05, 0) is 37.4 Å². The van der Waals surface area contributed by atoms with Crippen molar-refractivity contribution in [1.82, 2.24) is 0 Å². The van der Waals surface area contributed by atoms with Gasteiger partial charge in [-0.2, -0.15) is 0 Å². The molecule has 1 heterocycles. The van der Waals surface area contributed by atoms with Gasteiger partial charge in [-0.25, -0.2) is 0 Å². The number of hydrogen-bond acceptors (Lipinski definition) is 4. The predicted molar refractivity (Wildman–Crippen MR) is 67.3 cm³/mol. The van der Waals surface area contributed by atoms with Crippen molar-refractivity contribution in [1.29, 1.82) is 0 Å². The van der Waals surface area contributed by atoms with E-state index in [0.717, 1.165) is 37.2 Å². The molecule has 1 saturated heterocycles. The summed E-state index contributed by atoms with van der Waals surface area (Å²) in [7, 11) is 0. The van der Waals surface area contributed by atoms with E-state index in [0.29, 0.717) is 13.0 Å². The lowest BCUT2D eigenvalue weighted by molar-refractivity contribution is -0.384. The highest BCUT2D eigenvalue weighted by molar-refractivity contribution is 5.64. The fourth-order valence-corrected chi connectivity index (χ4v) is 2.26. The summed E-state index contributed by atoms with van der Waals surface area (Å²) in [5.74, 6) is 0. The Hall–Kier alpha value is -1.62. The van der Waals surface area contributed by atoms with Crippen molar-refractivity contribution in [3.63, 3.8) is 0 Å². The van der Waals surface area contributed by atoms with Crippen molar-refractivity contribution in [3.05, 3.63) is 33.9 Å². The monoisotopic (exact) mass is 235 g/mol. The molecule has 0 aliphatic carbocycles. The van der Waals surface area contributed by atoms with E-state index < -0.39 is 0 Å². The van der Waals surface area contributed by atoms with Crippen LogP contribution in [0.4, 0.5) is 11.4 Å². The number of hydrogen-bond donors (Lipinski definition) is 1. The molecule has 0 aromatic heterocycles. The van der Waals surface area contributed by atoms with E-state index in [9.17, 15) is 10.1 Å². The Kier molecular flexibility index (Phi) is 3.58. The van der Waals surface area contributed by atoms with E-state index in [1.165, 1.54) is 0 Å². The van der Waals surface area contributed by atoms with Crippen LogP contribution in [0.2, 0.25) is 0 Å². The number of nitrogens with zero attached hydrogens (tertiary/aromatic N) is 2. The second-order valence-electron chi connectivity index (χ2n) is 4.31. The molecule has 1 aromatic carbocycles. The fourth-order valence-electron chi connectivity index (χ4n) is 2.26. The third-order valence-electron chi connectivity index (χ3n) is 3.12. The quantitative estimate of drug-likeness (QED) is 0.636. The van der Waals surface area contributed by atoms with Gasteiger partial charge < -0.3 is 10.6 Å². The molecule has 5 heteroatoms. The highest BCUT2D eigenvalue weighted by Crippen LogP contribution is 2.31. The molecule has 0 amide bonds. The molecule has 0 radical (unpaired) electrons. The van der Waals surface area contributed by atoms with Crippen molar-refractivity contribution in [3.8, 4) is 0 Å². The molecule has 1 aliphatic rings. The zero-order chi connectivity index (χ0) is 12.3. The maximum absolute atomic E-state index is 11.1. The smallest absolute Gasteiger partial charge is 0.292 e. The molecule has 1 aromatic rings. The van der Waals surface area contributed by atoms with E-state index in [1.54, 1.807) is 6.07 Å². The van der Waals surface area contributed by atoms with Gasteiger partial charge in [0.15, 0.2) is 0 Å². The number of rotatable bonds is 4. The minimum absolute atomic E-state index is 0.206. The van der Waals surface area contributed by atoms with Gasteiger partial charge >= 0.3 is 0 Å². The summed E-state index contributed by atoms with van der Waals surface area (Å²) in [6.07, 6.45) is 2.91. The Balaban J connectivity index is 2.33. The number of nitro benzene ring substituents is 1. The summed E-state index contributed by atoms with van der Waals surface area (Å²) in [6.45, 7) is 2.34. The number of benzene rings is 1. The standard InChI is InChI=1S/C12H17N3O2/c13-6-5-10-3-4-11(12(9-10)15(16)17)14-7-1-2-8-14/h3-4,9H,1-2,5-8,13H2. The highest BCUT2D eigenvalue weighted by atomic mass is 16.6. The Labute approximate surface area is 100 Å². The van der Waals surface area contributed by atoms with Crippen molar-refractivity contribution < 1.29 is 4.92 Å². The Morgan fingerprint density at radius 2 is 2.06 bits per heavy atom. The van der Waals surface area contributed by atoms with E-state index >= 15 is 0 Å². The van der Waals surface area contributed by atoms with Crippen LogP contribution < -0.4 is 10.6 Å². The van der Waals surface area contributed by atoms with Gasteiger partial charge in [0.25, 0.3) is 5.69 Å². The van der Waals surface area contributed by atoms with Crippen molar-refractivity contribution in [2.24, 2.45) is 5.73 Å². The SMILES string of the molecule is NCCc1ccc(N2CCCC2)c([N+](=O)[O-])c1. The van der Waals surface area contributed by atoms with Gasteiger partial charge in [-0.1, -0.05) is 6.07 Å². The first-order chi connectivity index (χ1) is 8.22. The second-order valence-corrected chi connectivity index (χ2v) is 4.31. The molecular weight excluding hydrogens is 218 g/mol. The summed E-state index contributed by atoms with van der Waals surface area (Å²) in [5, 5.41) is 11.1. The molecule has 1 fully saturated rings. The molecule has 0 atom stereocenters. The zero-order valence-corrected chi connectivity index (χ0v) is 9.76. The first-order valence-corrected chi connectivity index (χ1v) is 5.94. The summed E-state index contributed by atoms with van der Waals surface area (Å²) in [6, 6.07) is 5.45. The van der Waals surface area contributed by atoms with E-state index in [-0.39, 0.29) is 10.6 Å². The normalized spacial score (nSPS) is 15.2. The average molecular weight is 235 g/mol. The summed E-state index contributed by atoms with van der Waals surface area (Å²) in [4.78, 5) is 12.9. The van der Waals surface area contributed by atoms with Crippen LogP contribution in [0.25, 0.3) is 0 Å². The van der Waals surface area contributed by atoms with Crippen LogP contribution in [0.5, 0.6) is 0 Å². The lowest BCUT2D eigenvalue weighted by Gasteiger charge is -2.17.